The molecule has 0 unspecified atom stereocenters. The van der Waals surface area contributed by atoms with Crippen LogP contribution in [0.15, 0.2) is 6.20 Å². The summed E-state index contributed by atoms with van der Waals surface area (Å²) in [5.41, 5.74) is 1.57. The van der Waals surface area contributed by atoms with Crippen LogP contribution in [0.2, 0.25) is 0 Å². The van der Waals surface area contributed by atoms with E-state index in [1.165, 1.54) is 19.3 Å². The van der Waals surface area contributed by atoms with Crippen molar-refractivity contribution in [1.82, 2.24) is 20.3 Å². The van der Waals surface area contributed by atoms with Gasteiger partial charge in [0.25, 0.3) is 0 Å². The molecule has 94 valence electrons. The fraction of sp³-hybridized carbons (Fsp3) is 0.833. The van der Waals surface area contributed by atoms with Gasteiger partial charge in [0.2, 0.25) is 0 Å². The van der Waals surface area contributed by atoms with Crippen molar-refractivity contribution in [2.75, 3.05) is 7.11 Å². The number of aromatic nitrogens is 3. The Balaban J connectivity index is 1.59. The molecule has 0 aliphatic heterocycles. The SMILES string of the molecule is CO[C@H]1C[C@@H](NCc2cnnn2C)C12CCC2. The van der Waals surface area contributed by atoms with Gasteiger partial charge in [0.1, 0.15) is 0 Å². The van der Waals surface area contributed by atoms with E-state index in [1.807, 2.05) is 25.0 Å². The zero-order valence-electron chi connectivity index (χ0n) is 10.5. The number of hydrogen-bond donors (Lipinski definition) is 1. The van der Waals surface area contributed by atoms with Crippen molar-refractivity contribution >= 4 is 0 Å². The number of rotatable bonds is 4. The van der Waals surface area contributed by atoms with Gasteiger partial charge in [0.05, 0.1) is 18.0 Å². The maximum absolute atomic E-state index is 5.57. The molecule has 1 aromatic heterocycles. The first-order valence-corrected chi connectivity index (χ1v) is 6.36. The van der Waals surface area contributed by atoms with Gasteiger partial charge in [-0.25, -0.2) is 0 Å². The number of methoxy groups -OCH3 is 1. The third-order valence-electron chi connectivity index (χ3n) is 4.69. The molecule has 1 aromatic rings. The highest BCUT2D eigenvalue weighted by molar-refractivity contribution is 5.12. The largest absolute Gasteiger partial charge is 0.381 e. The second-order valence-electron chi connectivity index (χ2n) is 5.33. The Labute approximate surface area is 102 Å². The van der Waals surface area contributed by atoms with Crippen LogP contribution in [0.25, 0.3) is 0 Å². The zero-order chi connectivity index (χ0) is 11.9. The highest BCUT2D eigenvalue weighted by Crippen LogP contribution is 2.57. The summed E-state index contributed by atoms with van der Waals surface area (Å²) in [7, 11) is 3.77. The lowest BCUT2D eigenvalue weighted by atomic mass is 9.51. The van der Waals surface area contributed by atoms with Crippen LogP contribution in [0, 0.1) is 5.41 Å². The predicted octanol–water partition coefficient (Wildman–Crippen LogP) is 0.862. The third kappa shape index (κ3) is 1.60. The summed E-state index contributed by atoms with van der Waals surface area (Å²) >= 11 is 0. The van der Waals surface area contributed by atoms with Crippen LogP contribution in [-0.4, -0.2) is 34.2 Å². The van der Waals surface area contributed by atoms with Crippen LogP contribution in [0.5, 0.6) is 0 Å². The van der Waals surface area contributed by atoms with Crippen molar-refractivity contribution in [3.63, 3.8) is 0 Å². The molecule has 17 heavy (non-hydrogen) atoms. The second-order valence-corrected chi connectivity index (χ2v) is 5.33. The van der Waals surface area contributed by atoms with Crippen molar-refractivity contribution in [3.05, 3.63) is 11.9 Å². The summed E-state index contributed by atoms with van der Waals surface area (Å²) in [6.45, 7) is 0.854. The molecule has 2 fully saturated rings. The number of hydrogen-bond acceptors (Lipinski definition) is 4. The van der Waals surface area contributed by atoms with Gasteiger partial charge in [0.15, 0.2) is 0 Å². The topological polar surface area (TPSA) is 52.0 Å². The number of aryl methyl sites for hydroxylation is 1. The summed E-state index contributed by atoms with van der Waals surface area (Å²) in [6.07, 6.45) is 7.41. The molecule has 1 heterocycles. The second kappa shape index (κ2) is 4.07. The van der Waals surface area contributed by atoms with Gasteiger partial charge in [-0.05, 0) is 19.3 Å². The Morgan fingerprint density at radius 3 is 2.94 bits per heavy atom. The van der Waals surface area contributed by atoms with Crippen LogP contribution < -0.4 is 5.32 Å². The summed E-state index contributed by atoms with van der Waals surface area (Å²) in [4.78, 5) is 0. The fourth-order valence-electron chi connectivity index (χ4n) is 3.32. The van der Waals surface area contributed by atoms with E-state index in [1.54, 1.807) is 0 Å². The van der Waals surface area contributed by atoms with Crippen LogP contribution in [0.4, 0.5) is 0 Å². The highest BCUT2D eigenvalue weighted by atomic mass is 16.5. The zero-order valence-corrected chi connectivity index (χ0v) is 10.5. The molecule has 5 heteroatoms. The molecule has 0 radical (unpaired) electrons. The third-order valence-corrected chi connectivity index (χ3v) is 4.69. The highest BCUT2D eigenvalue weighted by Gasteiger charge is 2.58. The van der Waals surface area contributed by atoms with Crippen molar-refractivity contribution in [3.8, 4) is 0 Å². The van der Waals surface area contributed by atoms with E-state index >= 15 is 0 Å². The summed E-state index contributed by atoms with van der Waals surface area (Å²) in [5.74, 6) is 0. The van der Waals surface area contributed by atoms with E-state index in [9.17, 15) is 0 Å². The molecular formula is C12H20N4O. The number of nitrogens with zero attached hydrogens (tertiary/aromatic N) is 3. The molecule has 2 aliphatic carbocycles. The molecule has 0 saturated heterocycles. The molecule has 1 spiro atoms. The molecule has 0 amide bonds. The van der Waals surface area contributed by atoms with Crippen LogP contribution in [0.3, 0.4) is 0 Å². The minimum Gasteiger partial charge on any atom is -0.381 e. The number of nitrogens with one attached hydrogen (secondary N) is 1. The molecule has 0 aromatic carbocycles. The minimum atomic E-state index is 0.431. The van der Waals surface area contributed by atoms with Crippen molar-refractivity contribution in [2.24, 2.45) is 12.5 Å². The Kier molecular flexibility index (Phi) is 2.67. The normalized spacial score (nSPS) is 30.0. The maximum atomic E-state index is 5.57. The molecule has 2 saturated carbocycles. The van der Waals surface area contributed by atoms with Gasteiger partial charge in [-0.1, -0.05) is 11.6 Å². The summed E-state index contributed by atoms with van der Waals surface area (Å²) in [6, 6.07) is 0.608. The van der Waals surface area contributed by atoms with Gasteiger partial charge in [-0.15, -0.1) is 5.10 Å². The Bertz CT molecular complexity index is 399. The smallest absolute Gasteiger partial charge is 0.0738 e. The minimum absolute atomic E-state index is 0.431. The van der Waals surface area contributed by atoms with Gasteiger partial charge in [-0.3, -0.25) is 4.68 Å². The quantitative estimate of drug-likeness (QED) is 0.842. The van der Waals surface area contributed by atoms with Crippen LogP contribution in [-0.2, 0) is 18.3 Å². The first-order chi connectivity index (χ1) is 8.26. The first-order valence-electron chi connectivity index (χ1n) is 6.36. The Morgan fingerprint density at radius 2 is 2.41 bits per heavy atom. The Morgan fingerprint density at radius 1 is 1.59 bits per heavy atom. The van der Waals surface area contributed by atoms with Gasteiger partial charge >= 0.3 is 0 Å². The molecule has 1 N–H and O–H groups in total. The molecule has 0 bridgehead atoms. The first kappa shape index (κ1) is 11.2. The van der Waals surface area contributed by atoms with E-state index in [0.717, 1.165) is 18.7 Å². The lowest BCUT2D eigenvalue weighted by Crippen LogP contribution is -2.66. The van der Waals surface area contributed by atoms with E-state index in [2.05, 4.69) is 15.6 Å². The summed E-state index contributed by atoms with van der Waals surface area (Å²) in [5, 5.41) is 11.5. The van der Waals surface area contributed by atoms with E-state index in [4.69, 9.17) is 4.74 Å². The van der Waals surface area contributed by atoms with Crippen molar-refractivity contribution in [2.45, 2.75) is 44.4 Å². The molecule has 2 aliphatic rings. The molecule has 3 rings (SSSR count). The maximum Gasteiger partial charge on any atom is 0.0738 e. The van der Waals surface area contributed by atoms with Gasteiger partial charge in [-0.2, -0.15) is 0 Å². The van der Waals surface area contributed by atoms with E-state index in [0.29, 0.717) is 17.6 Å². The monoisotopic (exact) mass is 236 g/mol. The average Bonchev–Trinajstić information content (AvgIpc) is 2.61. The lowest BCUT2D eigenvalue weighted by Gasteiger charge is -2.61. The fourth-order valence-corrected chi connectivity index (χ4v) is 3.32. The average molecular weight is 236 g/mol. The van der Waals surface area contributed by atoms with Crippen molar-refractivity contribution < 1.29 is 4.74 Å². The van der Waals surface area contributed by atoms with E-state index in [-0.39, 0.29) is 0 Å². The van der Waals surface area contributed by atoms with Gasteiger partial charge < -0.3 is 10.1 Å². The lowest BCUT2D eigenvalue weighted by molar-refractivity contribution is -0.162. The van der Waals surface area contributed by atoms with Crippen molar-refractivity contribution in [1.29, 1.82) is 0 Å². The van der Waals surface area contributed by atoms with Gasteiger partial charge in [0, 0.05) is 32.2 Å². The van der Waals surface area contributed by atoms with E-state index < -0.39 is 0 Å². The molecule has 2 atom stereocenters. The molecular weight excluding hydrogens is 216 g/mol. The summed E-state index contributed by atoms with van der Waals surface area (Å²) < 4.78 is 7.39. The molecule has 5 nitrogen and oxygen atoms in total. The van der Waals surface area contributed by atoms with Crippen LogP contribution >= 0.6 is 0 Å². The predicted molar refractivity (Wildman–Crippen MR) is 63.3 cm³/mol. The van der Waals surface area contributed by atoms with Crippen LogP contribution in [0.1, 0.15) is 31.4 Å². The Hall–Kier alpha value is -0.940. The number of ether oxygens (including phenoxy) is 1. The standard InChI is InChI=1S/C12H20N4O/c1-16-9(8-14-15-16)7-13-10-6-11(17-2)12(10)4-3-5-12/h8,10-11,13H,3-7H2,1-2H3/t10-,11+/m1/s1.